The van der Waals surface area contributed by atoms with Gasteiger partial charge in [0.25, 0.3) is 5.91 Å². The number of aromatic nitrogens is 3. The van der Waals surface area contributed by atoms with E-state index in [2.05, 4.69) is 15.4 Å². The van der Waals surface area contributed by atoms with Crippen molar-refractivity contribution in [2.45, 2.75) is 32.2 Å². The molecule has 0 aliphatic carbocycles. The van der Waals surface area contributed by atoms with Gasteiger partial charge in [0.1, 0.15) is 5.69 Å². The lowest BCUT2D eigenvalue weighted by Crippen LogP contribution is -2.19. The number of hydrogen-bond donors (Lipinski definition) is 2. The molecule has 0 atom stereocenters. The zero-order valence-corrected chi connectivity index (χ0v) is 19.6. The molecule has 0 unspecified atom stereocenters. The van der Waals surface area contributed by atoms with Crippen molar-refractivity contribution in [1.82, 2.24) is 14.8 Å². The third-order valence-electron chi connectivity index (χ3n) is 5.69. The van der Waals surface area contributed by atoms with Gasteiger partial charge >= 0.3 is 12.4 Å². The molecule has 0 radical (unpaired) electrons. The Morgan fingerprint density at radius 1 is 0.974 bits per heavy atom. The third kappa shape index (κ3) is 5.76. The van der Waals surface area contributed by atoms with Crippen LogP contribution in [0.2, 0.25) is 0 Å². The molecule has 0 aliphatic rings. The topological polar surface area (TPSA) is 103 Å². The van der Waals surface area contributed by atoms with Gasteiger partial charge < -0.3 is 11.1 Å². The van der Waals surface area contributed by atoms with Gasteiger partial charge in [-0.1, -0.05) is 42.5 Å². The summed E-state index contributed by atoms with van der Waals surface area (Å²) in [7, 11) is 0. The Hall–Kier alpha value is -4.42. The summed E-state index contributed by atoms with van der Waals surface area (Å²) in [5, 5.41) is 6.17. The summed E-state index contributed by atoms with van der Waals surface area (Å²) in [4.78, 5) is 29.0. The van der Waals surface area contributed by atoms with E-state index in [1.807, 2.05) is 0 Å². The van der Waals surface area contributed by atoms with Crippen molar-refractivity contribution in [1.29, 1.82) is 0 Å². The highest BCUT2D eigenvalue weighted by molar-refractivity contribution is 6.10. The molecule has 0 saturated carbocycles. The molecule has 2 aromatic carbocycles. The molecule has 0 fully saturated rings. The zero-order chi connectivity index (χ0) is 27.8. The van der Waals surface area contributed by atoms with Crippen LogP contribution in [0.15, 0.2) is 54.6 Å². The van der Waals surface area contributed by atoms with Crippen molar-refractivity contribution in [3.8, 4) is 0 Å². The minimum atomic E-state index is -4.94. The number of rotatable bonds is 6. The Morgan fingerprint density at radius 2 is 1.61 bits per heavy atom. The van der Waals surface area contributed by atoms with Crippen molar-refractivity contribution < 1.29 is 35.9 Å². The fourth-order valence-electron chi connectivity index (χ4n) is 3.89. The number of nitrogens with zero attached hydrogens (tertiary/aromatic N) is 3. The Kier molecular flexibility index (Phi) is 6.87. The van der Waals surface area contributed by atoms with E-state index in [0.29, 0.717) is 10.9 Å². The van der Waals surface area contributed by atoms with E-state index < -0.39 is 42.0 Å². The van der Waals surface area contributed by atoms with Crippen LogP contribution in [0.1, 0.15) is 43.4 Å². The normalized spacial score (nSPS) is 12.1. The summed E-state index contributed by atoms with van der Waals surface area (Å²) in [6, 6.07) is 12.6. The van der Waals surface area contributed by atoms with Gasteiger partial charge in [0.05, 0.1) is 35.4 Å². The number of fused-ring (bicyclic) bond motifs is 1. The van der Waals surface area contributed by atoms with Gasteiger partial charge in [0.15, 0.2) is 5.69 Å². The largest absolute Gasteiger partial charge is 0.437 e. The molecule has 3 N–H and O–H groups in total. The number of carbonyl (C=O) groups is 2. The molecule has 4 aromatic rings. The molecule has 4 rings (SSSR count). The minimum absolute atomic E-state index is 0.000542. The molecule has 7 nitrogen and oxygen atoms in total. The van der Waals surface area contributed by atoms with Crippen LogP contribution in [-0.4, -0.2) is 32.8 Å². The monoisotopic (exact) mass is 535 g/mol. The molecule has 13 heteroatoms. The quantitative estimate of drug-likeness (QED) is 0.329. The summed E-state index contributed by atoms with van der Waals surface area (Å²) in [6.45, 7) is 1.11. The van der Waals surface area contributed by atoms with Gasteiger partial charge in [-0.2, -0.15) is 31.4 Å². The van der Waals surface area contributed by atoms with Gasteiger partial charge in [-0.3, -0.25) is 14.3 Å². The van der Waals surface area contributed by atoms with E-state index in [-0.39, 0.29) is 34.6 Å². The average molecular weight is 535 g/mol. The first-order valence-corrected chi connectivity index (χ1v) is 11.0. The van der Waals surface area contributed by atoms with E-state index >= 15 is 0 Å². The lowest BCUT2D eigenvalue weighted by molar-refractivity contribution is -0.140. The number of carbonyl (C=O) groups excluding carboxylic acids is 2. The predicted molar refractivity (Wildman–Crippen MR) is 125 cm³/mol. The number of amides is 2. The number of pyridine rings is 1. The highest BCUT2D eigenvalue weighted by Crippen LogP contribution is 2.36. The average Bonchev–Trinajstić information content (AvgIpc) is 3.14. The first-order chi connectivity index (χ1) is 17.7. The van der Waals surface area contributed by atoms with Gasteiger partial charge in [0.2, 0.25) is 5.91 Å². The van der Waals surface area contributed by atoms with Crippen molar-refractivity contribution in [2.24, 2.45) is 5.73 Å². The maximum Gasteiger partial charge on any atom is 0.437 e. The van der Waals surface area contributed by atoms with Crippen molar-refractivity contribution in [3.63, 3.8) is 0 Å². The fourth-order valence-corrected chi connectivity index (χ4v) is 3.89. The van der Waals surface area contributed by atoms with E-state index in [9.17, 15) is 35.9 Å². The number of hydrogen-bond acceptors (Lipinski definition) is 4. The van der Waals surface area contributed by atoms with Crippen LogP contribution in [0.3, 0.4) is 0 Å². The van der Waals surface area contributed by atoms with Crippen molar-refractivity contribution in [3.05, 3.63) is 88.4 Å². The Balaban J connectivity index is 1.66. The summed E-state index contributed by atoms with van der Waals surface area (Å²) in [6.07, 6.45) is -10.5. The maximum atomic E-state index is 13.8. The molecular weight excluding hydrogens is 516 g/mol. The van der Waals surface area contributed by atoms with Crippen LogP contribution >= 0.6 is 0 Å². The molecule has 2 amide bonds. The fraction of sp³-hybridized carbons (Fsp3) is 0.200. The second-order valence-corrected chi connectivity index (χ2v) is 8.46. The van der Waals surface area contributed by atoms with E-state index in [4.69, 9.17) is 5.73 Å². The molecule has 2 heterocycles. The zero-order valence-electron chi connectivity index (χ0n) is 19.6. The van der Waals surface area contributed by atoms with Crippen LogP contribution in [0, 0.1) is 6.92 Å². The second kappa shape index (κ2) is 9.80. The summed E-state index contributed by atoms with van der Waals surface area (Å²) in [5.41, 5.74) is 3.64. The van der Waals surface area contributed by atoms with Crippen LogP contribution in [0.25, 0.3) is 10.9 Å². The first-order valence-electron chi connectivity index (χ1n) is 11.0. The van der Waals surface area contributed by atoms with Crippen molar-refractivity contribution >= 4 is 28.4 Å². The minimum Gasteiger partial charge on any atom is -0.366 e. The highest BCUT2D eigenvalue weighted by atomic mass is 19.4. The maximum absolute atomic E-state index is 13.8. The number of nitrogens with two attached hydrogens (primary N) is 1. The number of para-hydroxylation sites is 1. The molecule has 0 saturated heterocycles. The van der Waals surface area contributed by atoms with E-state index in [1.54, 1.807) is 18.2 Å². The predicted octanol–water partition coefficient (Wildman–Crippen LogP) is 5.26. The molecule has 0 bridgehead atoms. The van der Waals surface area contributed by atoms with Gasteiger partial charge in [-0.05, 0) is 30.2 Å². The Morgan fingerprint density at radius 3 is 2.21 bits per heavy atom. The number of anilines is 1. The molecule has 198 valence electrons. The van der Waals surface area contributed by atoms with Crippen LogP contribution < -0.4 is 11.1 Å². The number of alkyl halides is 6. The molecule has 0 spiro atoms. The second-order valence-electron chi connectivity index (χ2n) is 8.46. The van der Waals surface area contributed by atoms with Gasteiger partial charge in [0, 0.05) is 5.39 Å². The lowest BCUT2D eigenvalue weighted by Gasteiger charge is -2.11. The van der Waals surface area contributed by atoms with Gasteiger partial charge in [-0.15, -0.1) is 0 Å². The molecule has 38 heavy (non-hydrogen) atoms. The number of halogens is 6. The summed E-state index contributed by atoms with van der Waals surface area (Å²) < 4.78 is 80.2. The molecule has 2 aromatic heterocycles. The molecular formula is C25H19F6N5O2. The highest BCUT2D eigenvalue weighted by Gasteiger charge is 2.39. The van der Waals surface area contributed by atoms with Gasteiger partial charge in [-0.25, -0.2) is 4.98 Å². The lowest BCUT2D eigenvalue weighted by atomic mass is 10.1. The Bertz CT molecular complexity index is 1520. The number of benzene rings is 2. The summed E-state index contributed by atoms with van der Waals surface area (Å²) >= 11 is 0. The first kappa shape index (κ1) is 26.6. The Labute approximate surface area is 211 Å². The van der Waals surface area contributed by atoms with E-state index in [0.717, 1.165) is 10.7 Å². The van der Waals surface area contributed by atoms with Crippen LogP contribution in [0.4, 0.5) is 32.0 Å². The SMILES string of the molecule is Cc1c(NC(=O)c2cc(C(N)=O)c3ccccc3n2)c(C(F)(F)F)nn1Cc1ccc(CC(F)(F)F)cc1. The van der Waals surface area contributed by atoms with E-state index in [1.165, 1.54) is 37.3 Å². The van der Waals surface area contributed by atoms with Crippen molar-refractivity contribution in [2.75, 3.05) is 5.32 Å². The number of nitrogens with one attached hydrogen (secondary N) is 1. The molecule has 0 aliphatic heterocycles. The smallest absolute Gasteiger partial charge is 0.366 e. The van der Waals surface area contributed by atoms with Crippen LogP contribution in [0.5, 0.6) is 0 Å². The standard InChI is InChI=1S/C25H19F6N5O2/c1-13-20(34-23(38)19-10-17(22(32)37)16-4-2-3-5-18(16)33-19)21(25(29,30)31)35-36(13)12-15-8-6-14(7-9-15)11-24(26,27)28/h2-10H,11-12H2,1H3,(H2,32,37)(H,34,38). The third-order valence-corrected chi connectivity index (χ3v) is 5.69. The summed E-state index contributed by atoms with van der Waals surface area (Å²) in [5.74, 6) is -1.87. The number of primary amides is 1. The van der Waals surface area contributed by atoms with Crippen LogP contribution in [-0.2, 0) is 19.1 Å².